The number of aliphatic hydroxyl groups excluding tert-OH is 1. The van der Waals surface area contributed by atoms with E-state index in [2.05, 4.69) is 20.7 Å². The molecule has 0 amide bonds. The second-order valence-corrected chi connectivity index (χ2v) is 9.46. The Labute approximate surface area is 204 Å². The van der Waals surface area contributed by atoms with Crippen molar-refractivity contribution in [2.24, 2.45) is 16.6 Å². The number of benzene rings is 2. The number of nitro benzene ring substituents is 1. The summed E-state index contributed by atoms with van der Waals surface area (Å²) in [7, 11) is 0. The average molecular weight is 496 g/mol. The number of aliphatic imine (C=N–C) groups is 1. The van der Waals surface area contributed by atoms with E-state index in [-0.39, 0.29) is 41.0 Å². The van der Waals surface area contributed by atoms with Crippen molar-refractivity contribution in [3.05, 3.63) is 84.7 Å². The molecule has 1 aliphatic carbocycles. The van der Waals surface area contributed by atoms with Crippen molar-refractivity contribution in [3.8, 4) is 0 Å². The number of fused-ring (bicyclic) bond motifs is 1. The predicted octanol–water partition coefficient (Wildman–Crippen LogP) is 3.08. The number of aliphatic hydroxyl groups is 1. The molecule has 10 nitrogen and oxygen atoms in total. The molecule has 0 bridgehead atoms. The molecule has 2 unspecified atom stereocenters. The smallest absolute Gasteiger partial charge is 0.282 e. The third-order valence-corrected chi connectivity index (χ3v) is 6.76. The first kappa shape index (κ1) is 24.3. The Bertz CT molecular complexity index is 1390. The monoisotopic (exact) mass is 495 g/mol. The summed E-state index contributed by atoms with van der Waals surface area (Å²) < 4.78 is 2.56. The van der Waals surface area contributed by atoms with Crippen molar-refractivity contribution in [2.45, 2.75) is 32.7 Å². The van der Waals surface area contributed by atoms with Gasteiger partial charge in [-0.05, 0) is 61.5 Å². The van der Waals surface area contributed by atoms with Crippen LogP contribution in [0.2, 0.25) is 0 Å². The lowest BCUT2D eigenvalue weighted by molar-refractivity contribution is -0.385. The lowest BCUT2D eigenvalue weighted by Gasteiger charge is -2.11. The van der Waals surface area contributed by atoms with Gasteiger partial charge < -0.3 is 16.2 Å². The van der Waals surface area contributed by atoms with Crippen molar-refractivity contribution in [1.82, 2.24) is 4.37 Å². The maximum atomic E-state index is 13.3. The zero-order valence-corrected chi connectivity index (χ0v) is 20.0. The maximum absolute atomic E-state index is 13.3. The molecule has 0 spiro atoms. The number of anilines is 2. The van der Waals surface area contributed by atoms with Crippen molar-refractivity contribution in [3.63, 3.8) is 0 Å². The Hall–Kier alpha value is -3.83. The van der Waals surface area contributed by atoms with Gasteiger partial charge in [-0.3, -0.25) is 29.1 Å². The Kier molecular flexibility index (Phi) is 6.81. The summed E-state index contributed by atoms with van der Waals surface area (Å²) in [4.78, 5) is 40.9. The van der Waals surface area contributed by atoms with E-state index in [1.807, 2.05) is 19.1 Å². The number of aromatic amines is 1. The first-order valence-electron chi connectivity index (χ1n) is 11.0. The van der Waals surface area contributed by atoms with Crippen molar-refractivity contribution in [1.29, 1.82) is 0 Å². The first-order valence-corrected chi connectivity index (χ1v) is 11.8. The van der Waals surface area contributed by atoms with E-state index in [0.29, 0.717) is 23.5 Å². The highest BCUT2D eigenvalue weighted by atomic mass is 32.1. The molecule has 0 radical (unpaired) electrons. The van der Waals surface area contributed by atoms with Gasteiger partial charge in [0.15, 0.2) is 5.78 Å². The Morgan fingerprint density at radius 1 is 1.31 bits per heavy atom. The number of carbonyl (C=O) groups is 1. The van der Waals surface area contributed by atoms with Crippen molar-refractivity contribution < 1.29 is 14.8 Å². The van der Waals surface area contributed by atoms with E-state index in [1.165, 1.54) is 12.1 Å². The SMILES string of the molecule is Cc1ccc2c(c1)CC(C(=O)c1ccc(Nc3s[nH]c(=O)c3C(N)=NC(C)CO)cc1[N+](=O)[O-])C2. The zero-order valence-electron chi connectivity index (χ0n) is 19.2. The number of nitro groups is 1. The number of hydrogen-bond donors (Lipinski definition) is 4. The molecule has 3 aromatic rings. The molecule has 1 aliphatic rings. The predicted molar refractivity (Wildman–Crippen MR) is 135 cm³/mol. The zero-order chi connectivity index (χ0) is 25.3. The fourth-order valence-corrected chi connectivity index (χ4v) is 4.98. The molecule has 2 aromatic carbocycles. The van der Waals surface area contributed by atoms with Gasteiger partial charge in [-0.1, -0.05) is 23.8 Å². The number of aromatic nitrogens is 1. The van der Waals surface area contributed by atoms with Gasteiger partial charge in [0.2, 0.25) is 0 Å². The Morgan fingerprint density at radius 3 is 2.77 bits per heavy atom. The molecular weight excluding hydrogens is 470 g/mol. The fourth-order valence-electron chi connectivity index (χ4n) is 4.22. The Morgan fingerprint density at radius 2 is 2.06 bits per heavy atom. The third kappa shape index (κ3) is 5.00. The van der Waals surface area contributed by atoms with Crippen LogP contribution in [0.15, 0.2) is 46.2 Å². The molecule has 5 N–H and O–H groups in total. The van der Waals surface area contributed by atoms with Gasteiger partial charge >= 0.3 is 0 Å². The van der Waals surface area contributed by atoms with Crippen molar-refractivity contribution in [2.75, 3.05) is 11.9 Å². The van der Waals surface area contributed by atoms with Crippen LogP contribution in [0.25, 0.3) is 0 Å². The first-order chi connectivity index (χ1) is 16.7. The number of ketones is 1. The van der Waals surface area contributed by atoms with Crippen LogP contribution in [0.5, 0.6) is 0 Å². The number of nitrogens with two attached hydrogens (primary N) is 1. The summed E-state index contributed by atoms with van der Waals surface area (Å²) in [5.41, 5.74) is 8.94. The number of rotatable bonds is 8. The molecule has 1 heterocycles. The van der Waals surface area contributed by atoms with Crippen LogP contribution < -0.4 is 16.6 Å². The standard InChI is InChI=1S/C24H25N5O5S/c1-12-3-4-14-8-16(9-15(14)7-12)21(31)18-6-5-17(10-19(18)29(33)34)27-24-20(23(32)28-35-24)22(25)26-13(2)11-30/h3-7,10,13,16,27,30H,8-9,11H2,1-2H3,(H2,25,26)(H,28,32). The van der Waals surface area contributed by atoms with Gasteiger partial charge in [0.25, 0.3) is 11.2 Å². The van der Waals surface area contributed by atoms with Gasteiger partial charge in [0.05, 0.1) is 23.1 Å². The summed E-state index contributed by atoms with van der Waals surface area (Å²) in [6, 6.07) is 9.84. The number of nitrogens with one attached hydrogen (secondary N) is 2. The molecular formula is C24H25N5O5S. The number of H-pyrrole nitrogens is 1. The van der Waals surface area contributed by atoms with E-state index < -0.39 is 16.5 Å². The van der Waals surface area contributed by atoms with E-state index in [0.717, 1.165) is 28.2 Å². The molecule has 0 saturated heterocycles. The number of Topliss-reactive ketones (excluding diaryl/α,β-unsaturated/α-hetero) is 1. The van der Waals surface area contributed by atoms with Crippen LogP contribution in [0.3, 0.4) is 0 Å². The van der Waals surface area contributed by atoms with Gasteiger partial charge in [0.1, 0.15) is 16.4 Å². The minimum atomic E-state index is -0.579. The minimum Gasteiger partial charge on any atom is -0.394 e. The molecule has 35 heavy (non-hydrogen) atoms. The summed E-state index contributed by atoms with van der Waals surface area (Å²) >= 11 is 0.965. The second kappa shape index (κ2) is 9.80. The molecule has 0 saturated carbocycles. The topological polar surface area (TPSA) is 164 Å². The minimum absolute atomic E-state index is 0.0513. The van der Waals surface area contributed by atoms with Crippen LogP contribution in [0.4, 0.5) is 16.4 Å². The largest absolute Gasteiger partial charge is 0.394 e. The number of nitrogens with zero attached hydrogens (tertiary/aromatic N) is 2. The van der Waals surface area contributed by atoms with E-state index >= 15 is 0 Å². The van der Waals surface area contributed by atoms with E-state index in [9.17, 15) is 24.8 Å². The quantitative estimate of drug-likeness (QED) is 0.123. The van der Waals surface area contributed by atoms with Crippen LogP contribution in [-0.4, -0.2) is 38.7 Å². The molecule has 2 atom stereocenters. The highest BCUT2D eigenvalue weighted by Crippen LogP contribution is 2.34. The van der Waals surface area contributed by atoms with E-state index in [4.69, 9.17) is 5.73 Å². The lowest BCUT2D eigenvalue weighted by atomic mass is 9.93. The number of aryl methyl sites for hydroxylation is 1. The van der Waals surface area contributed by atoms with Gasteiger partial charge in [-0.25, -0.2) is 0 Å². The van der Waals surface area contributed by atoms with Gasteiger partial charge in [0, 0.05) is 17.7 Å². The highest BCUT2D eigenvalue weighted by molar-refractivity contribution is 7.10. The number of amidine groups is 1. The van der Waals surface area contributed by atoms with Crippen molar-refractivity contribution >= 4 is 39.5 Å². The lowest BCUT2D eigenvalue weighted by Crippen LogP contribution is -2.24. The average Bonchev–Trinajstić information content (AvgIpc) is 3.41. The normalized spacial score (nSPS) is 16.1. The van der Waals surface area contributed by atoms with Gasteiger partial charge in [-0.2, -0.15) is 0 Å². The van der Waals surface area contributed by atoms with Crippen LogP contribution in [0, 0.1) is 23.0 Å². The molecule has 182 valence electrons. The van der Waals surface area contributed by atoms with E-state index in [1.54, 1.807) is 13.0 Å². The van der Waals surface area contributed by atoms with Crippen LogP contribution >= 0.6 is 11.5 Å². The Balaban J connectivity index is 1.61. The van der Waals surface area contributed by atoms with Crippen LogP contribution in [-0.2, 0) is 12.8 Å². The molecule has 4 rings (SSSR count). The molecule has 1 aromatic heterocycles. The second-order valence-electron chi connectivity index (χ2n) is 8.64. The van der Waals surface area contributed by atoms with Gasteiger partial charge in [-0.15, -0.1) is 0 Å². The summed E-state index contributed by atoms with van der Waals surface area (Å²) in [6.45, 7) is 3.40. The highest BCUT2D eigenvalue weighted by Gasteiger charge is 2.32. The molecule has 0 fully saturated rings. The fraction of sp³-hybridized carbons (Fsp3) is 0.292. The maximum Gasteiger partial charge on any atom is 0.282 e. The molecule has 11 heteroatoms. The third-order valence-electron chi connectivity index (χ3n) is 5.96. The summed E-state index contributed by atoms with van der Waals surface area (Å²) in [6.07, 6.45) is 1.11. The summed E-state index contributed by atoms with van der Waals surface area (Å²) in [5, 5.41) is 24.3. The summed E-state index contributed by atoms with van der Waals surface area (Å²) in [5.74, 6) is -0.678. The van der Waals surface area contributed by atoms with Crippen LogP contribution in [0.1, 0.15) is 39.5 Å². The number of hydrogen-bond acceptors (Lipinski definition) is 8. The molecule has 0 aliphatic heterocycles. The number of carbonyl (C=O) groups excluding carboxylic acids is 1.